The number of benzene rings is 2. The summed E-state index contributed by atoms with van der Waals surface area (Å²) < 4.78 is 0. The van der Waals surface area contributed by atoms with Gasteiger partial charge in [0.1, 0.15) is 0 Å². The molecule has 1 fully saturated rings. The van der Waals surface area contributed by atoms with E-state index >= 15 is 0 Å². The highest BCUT2D eigenvalue weighted by Crippen LogP contribution is 2.24. The van der Waals surface area contributed by atoms with Crippen molar-refractivity contribution in [1.29, 1.82) is 0 Å². The Morgan fingerprint density at radius 1 is 1.25 bits per heavy atom. The zero-order valence-electron chi connectivity index (χ0n) is 16.7. The van der Waals surface area contributed by atoms with Crippen molar-refractivity contribution < 1.29 is 4.79 Å². The van der Waals surface area contributed by atoms with Gasteiger partial charge in [-0.05, 0) is 61.9 Å². The van der Waals surface area contributed by atoms with Crippen LogP contribution >= 0.6 is 0 Å². The number of fused-ring (bicyclic) bond motifs is 1. The summed E-state index contributed by atoms with van der Waals surface area (Å²) in [5.41, 5.74) is 5.82. The van der Waals surface area contributed by atoms with Crippen molar-refractivity contribution in [2.75, 3.05) is 24.5 Å². The molecule has 1 saturated heterocycles. The molecule has 0 bridgehead atoms. The lowest BCUT2D eigenvalue weighted by atomic mass is 9.97. The van der Waals surface area contributed by atoms with Crippen LogP contribution in [0.3, 0.4) is 0 Å². The van der Waals surface area contributed by atoms with Crippen LogP contribution in [-0.2, 0) is 11.2 Å². The highest BCUT2D eigenvalue weighted by atomic mass is 16.1. The number of nitrogens with zero attached hydrogens (tertiary/aromatic N) is 2. The first-order valence-electron chi connectivity index (χ1n) is 10.1. The summed E-state index contributed by atoms with van der Waals surface area (Å²) >= 11 is 0. The van der Waals surface area contributed by atoms with E-state index in [1.54, 1.807) is 0 Å². The van der Waals surface area contributed by atoms with E-state index in [0.29, 0.717) is 6.54 Å². The van der Waals surface area contributed by atoms with Gasteiger partial charge >= 0.3 is 0 Å². The summed E-state index contributed by atoms with van der Waals surface area (Å²) in [6.45, 7) is 6.54. The van der Waals surface area contributed by atoms with Crippen molar-refractivity contribution in [1.82, 2.24) is 15.3 Å². The van der Waals surface area contributed by atoms with Crippen LogP contribution in [0.5, 0.6) is 0 Å². The van der Waals surface area contributed by atoms with Crippen LogP contribution in [0, 0.1) is 19.8 Å². The largest absolute Gasteiger partial charge is 0.355 e. The van der Waals surface area contributed by atoms with Crippen LogP contribution in [0.25, 0.3) is 11.0 Å². The Morgan fingerprint density at radius 3 is 2.96 bits per heavy atom. The summed E-state index contributed by atoms with van der Waals surface area (Å²) in [7, 11) is 0. The average Bonchev–Trinajstić information content (AvgIpc) is 3.13. The second-order valence-corrected chi connectivity index (χ2v) is 7.83. The summed E-state index contributed by atoms with van der Waals surface area (Å²) in [6, 6.07) is 14.6. The summed E-state index contributed by atoms with van der Waals surface area (Å²) in [6.07, 6.45) is 2.82. The fraction of sp³-hybridized carbons (Fsp3) is 0.391. The van der Waals surface area contributed by atoms with E-state index in [1.807, 2.05) is 12.1 Å². The first-order chi connectivity index (χ1) is 13.6. The van der Waals surface area contributed by atoms with Crippen molar-refractivity contribution >= 4 is 22.9 Å². The molecule has 0 spiro atoms. The van der Waals surface area contributed by atoms with Crippen molar-refractivity contribution in [3.05, 3.63) is 59.2 Å². The van der Waals surface area contributed by atoms with Gasteiger partial charge in [-0.15, -0.1) is 0 Å². The van der Waals surface area contributed by atoms with E-state index in [1.165, 1.54) is 16.7 Å². The molecule has 1 aliphatic rings. The smallest absolute Gasteiger partial charge is 0.224 e. The normalized spacial score (nSPS) is 17.1. The summed E-state index contributed by atoms with van der Waals surface area (Å²) in [4.78, 5) is 23.1. The van der Waals surface area contributed by atoms with Crippen molar-refractivity contribution in [2.45, 2.75) is 33.1 Å². The molecule has 1 atom stereocenters. The monoisotopic (exact) mass is 376 g/mol. The molecule has 3 aromatic rings. The Morgan fingerprint density at radius 2 is 2.11 bits per heavy atom. The molecule has 0 unspecified atom stereocenters. The van der Waals surface area contributed by atoms with Crippen LogP contribution in [0.4, 0.5) is 5.95 Å². The zero-order valence-corrected chi connectivity index (χ0v) is 16.7. The number of H-pyrrole nitrogens is 1. The third kappa shape index (κ3) is 4.03. The molecule has 0 aliphatic carbocycles. The number of nitrogens with one attached hydrogen (secondary N) is 2. The summed E-state index contributed by atoms with van der Waals surface area (Å²) in [5.74, 6) is 1.05. The van der Waals surface area contributed by atoms with Crippen LogP contribution in [0.1, 0.15) is 29.5 Å². The number of aromatic nitrogens is 2. The van der Waals surface area contributed by atoms with Gasteiger partial charge in [-0.3, -0.25) is 4.79 Å². The van der Waals surface area contributed by atoms with Crippen molar-refractivity contribution in [3.8, 4) is 0 Å². The van der Waals surface area contributed by atoms with E-state index in [2.05, 4.69) is 59.4 Å². The minimum atomic E-state index is 0.0144. The Labute approximate surface area is 166 Å². The average molecular weight is 377 g/mol. The van der Waals surface area contributed by atoms with Gasteiger partial charge in [-0.25, -0.2) is 4.98 Å². The molecular formula is C23H28N4O. The Balaban J connectivity index is 1.36. The number of anilines is 1. The minimum absolute atomic E-state index is 0.0144. The number of hydrogen-bond acceptors (Lipinski definition) is 3. The van der Waals surface area contributed by atoms with Gasteiger partial charge in [-0.2, -0.15) is 0 Å². The van der Waals surface area contributed by atoms with Gasteiger partial charge in [0.15, 0.2) is 0 Å². The lowest BCUT2D eigenvalue weighted by Crippen LogP contribution is -2.43. The maximum atomic E-state index is 12.7. The van der Waals surface area contributed by atoms with Gasteiger partial charge in [0, 0.05) is 19.6 Å². The summed E-state index contributed by atoms with van der Waals surface area (Å²) in [5, 5.41) is 3.14. The zero-order chi connectivity index (χ0) is 19.5. The van der Waals surface area contributed by atoms with E-state index in [4.69, 9.17) is 4.98 Å². The fourth-order valence-electron chi connectivity index (χ4n) is 4.00. The molecule has 1 aliphatic heterocycles. The van der Waals surface area contributed by atoms with Crippen LogP contribution in [0.2, 0.25) is 0 Å². The molecule has 2 N–H and O–H groups in total. The number of rotatable bonds is 5. The molecule has 146 valence electrons. The topological polar surface area (TPSA) is 61.0 Å². The van der Waals surface area contributed by atoms with Gasteiger partial charge in [0.2, 0.25) is 11.9 Å². The molecule has 2 aromatic carbocycles. The van der Waals surface area contributed by atoms with E-state index in [9.17, 15) is 4.79 Å². The molecule has 28 heavy (non-hydrogen) atoms. The van der Waals surface area contributed by atoms with Crippen molar-refractivity contribution in [2.24, 2.45) is 5.92 Å². The highest BCUT2D eigenvalue weighted by Gasteiger charge is 2.27. The minimum Gasteiger partial charge on any atom is -0.355 e. The second-order valence-electron chi connectivity index (χ2n) is 7.83. The van der Waals surface area contributed by atoms with Gasteiger partial charge < -0.3 is 15.2 Å². The van der Waals surface area contributed by atoms with Gasteiger partial charge in [0.25, 0.3) is 0 Å². The SMILES string of the molecule is Cc1ccc2nc(N3CCC[C@H](C(=O)NCCc4ccccc4C)C3)[nH]c2c1. The van der Waals surface area contributed by atoms with Gasteiger partial charge in [-0.1, -0.05) is 30.3 Å². The predicted molar refractivity (Wildman–Crippen MR) is 114 cm³/mol. The maximum Gasteiger partial charge on any atom is 0.224 e. The van der Waals surface area contributed by atoms with Crippen LogP contribution in [-0.4, -0.2) is 35.5 Å². The van der Waals surface area contributed by atoms with Crippen molar-refractivity contribution in [3.63, 3.8) is 0 Å². The molecule has 5 heteroatoms. The van der Waals surface area contributed by atoms with Gasteiger partial charge in [0.05, 0.1) is 17.0 Å². The molecule has 5 nitrogen and oxygen atoms in total. The van der Waals surface area contributed by atoms with E-state index < -0.39 is 0 Å². The predicted octanol–water partition coefficient (Wildman–Crippen LogP) is 3.76. The lowest BCUT2D eigenvalue weighted by molar-refractivity contribution is -0.125. The quantitative estimate of drug-likeness (QED) is 0.713. The van der Waals surface area contributed by atoms with E-state index in [0.717, 1.165) is 49.3 Å². The molecule has 1 amide bonds. The standard InChI is InChI=1S/C23H28N4O/c1-16-9-10-20-21(14-16)26-23(25-20)27-13-5-8-19(15-27)22(28)24-12-11-18-7-4-3-6-17(18)2/h3-4,6-7,9-10,14,19H,5,8,11-13,15H2,1-2H3,(H,24,28)(H,25,26)/t19-/m0/s1. The first kappa shape index (κ1) is 18.5. The number of aryl methyl sites for hydroxylation is 2. The van der Waals surface area contributed by atoms with E-state index in [-0.39, 0.29) is 11.8 Å². The second kappa shape index (κ2) is 8.05. The number of piperidine rings is 1. The third-order valence-electron chi connectivity index (χ3n) is 5.67. The number of carbonyl (C=O) groups is 1. The third-order valence-corrected chi connectivity index (χ3v) is 5.67. The molecule has 2 heterocycles. The maximum absolute atomic E-state index is 12.7. The van der Waals surface area contributed by atoms with Crippen LogP contribution in [0.15, 0.2) is 42.5 Å². The first-order valence-corrected chi connectivity index (χ1v) is 10.1. The Kier molecular flexibility index (Phi) is 5.33. The Hall–Kier alpha value is -2.82. The Bertz CT molecular complexity index is 978. The number of imidazole rings is 1. The number of aromatic amines is 1. The highest BCUT2D eigenvalue weighted by molar-refractivity contribution is 5.80. The number of amides is 1. The molecule has 1 aromatic heterocycles. The van der Waals surface area contributed by atoms with Crippen LogP contribution < -0.4 is 10.2 Å². The molecule has 4 rings (SSSR count). The molecule has 0 radical (unpaired) electrons. The molecular weight excluding hydrogens is 348 g/mol. The number of carbonyl (C=O) groups excluding carboxylic acids is 1. The fourth-order valence-corrected chi connectivity index (χ4v) is 4.00. The molecule has 0 saturated carbocycles. The lowest BCUT2D eigenvalue weighted by Gasteiger charge is -2.31. The number of hydrogen-bond donors (Lipinski definition) is 2.